The number of anilines is 1. The number of carbonyl (C=O) groups excluding carboxylic acids is 3. The molecule has 0 radical (unpaired) electrons. The molecule has 7 N–H and O–H groups in total. The molecule has 0 fully saturated rings. The van der Waals surface area contributed by atoms with E-state index in [1.54, 1.807) is 24.3 Å². The van der Waals surface area contributed by atoms with Crippen molar-refractivity contribution in [1.29, 1.82) is 0 Å². The number of benzene rings is 2. The second-order valence-electron chi connectivity index (χ2n) is 8.13. The van der Waals surface area contributed by atoms with Crippen molar-refractivity contribution in [2.24, 2.45) is 5.73 Å². The minimum Gasteiger partial charge on any atom is -0.481 e. The molecule has 0 bridgehead atoms. The second kappa shape index (κ2) is 13.1. The Balaban J connectivity index is 1.53. The van der Waals surface area contributed by atoms with E-state index in [0.29, 0.717) is 18.7 Å². The van der Waals surface area contributed by atoms with E-state index in [1.165, 1.54) is 12.3 Å². The summed E-state index contributed by atoms with van der Waals surface area (Å²) in [4.78, 5) is 52.8. The SMILES string of the molecule is C[C@H](NC(=O)c1csc(NC(=O)NCc2ccccc2)n1)C(=O)NC(CC(=O)O)c1ccc(CN)cc1. The van der Waals surface area contributed by atoms with Crippen LogP contribution in [0.3, 0.4) is 0 Å². The molecule has 4 amide bonds. The van der Waals surface area contributed by atoms with Crippen LogP contribution in [-0.2, 0) is 22.7 Å². The molecule has 0 saturated heterocycles. The maximum Gasteiger partial charge on any atom is 0.321 e. The molecule has 3 aromatic rings. The average molecular weight is 525 g/mol. The van der Waals surface area contributed by atoms with Crippen molar-refractivity contribution in [3.05, 3.63) is 82.4 Å². The minimum absolute atomic E-state index is 0.0301. The van der Waals surface area contributed by atoms with Crippen LogP contribution < -0.4 is 27.0 Å². The van der Waals surface area contributed by atoms with Crippen LogP contribution in [-0.4, -0.2) is 39.9 Å². The number of carbonyl (C=O) groups is 4. The van der Waals surface area contributed by atoms with Crippen LogP contribution in [0.2, 0.25) is 0 Å². The fourth-order valence-corrected chi connectivity index (χ4v) is 3.99. The molecule has 11 nitrogen and oxygen atoms in total. The van der Waals surface area contributed by atoms with Crippen molar-refractivity contribution in [3.8, 4) is 0 Å². The monoisotopic (exact) mass is 524 g/mol. The summed E-state index contributed by atoms with van der Waals surface area (Å²) in [6.07, 6.45) is -0.332. The van der Waals surface area contributed by atoms with Crippen LogP contribution in [0, 0.1) is 0 Å². The van der Waals surface area contributed by atoms with Crippen LogP contribution in [0.1, 0.15) is 46.6 Å². The zero-order valence-corrected chi connectivity index (χ0v) is 20.9. The van der Waals surface area contributed by atoms with Crippen LogP contribution in [0.25, 0.3) is 0 Å². The van der Waals surface area contributed by atoms with E-state index in [0.717, 1.165) is 22.5 Å². The Kier molecular flexibility index (Phi) is 9.69. The highest BCUT2D eigenvalue weighted by Gasteiger charge is 2.23. The number of hydrogen-bond acceptors (Lipinski definition) is 7. The molecular weight excluding hydrogens is 496 g/mol. The van der Waals surface area contributed by atoms with Crippen LogP contribution >= 0.6 is 11.3 Å². The molecule has 194 valence electrons. The van der Waals surface area contributed by atoms with E-state index in [-0.39, 0.29) is 17.2 Å². The number of nitrogens with two attached hydrogens (primary N) is 1. The maximum atomic E-state index is 12.7. The van der Waals surface area contributed by atoms with Crippen molar-refractivity contribution in [2.45, 2.75) is 38.5 Å². The zero-order chi connectivity index (χ0) is 26.8. The highest BCUT2D eigenvalue weighted by molar-refractivity contribution is 7.14. The summed E-state index contributed by atoms with van der Waals surface area (Å²) >= 11 is 1.06. The number of hydrogen-bond donors (Lipinski definition) is 6. The molecule has 1 aromatic heterocycles. The first-order chi connectivity index (χ1) is 17.7. The number of carboxylic acids is 1. The zero-order valence-electron chi connectivity index (χ0n) is 20.1. The molecule has 1 unspecified atom stereocenters. The number of aromatic nitrogens is 1. The lowest BCUT2D eigenvalue weighted by Crippen LogP contribution is -2.46. The lowest BCUT2D eigenvalue weighted by atomic mass is 10.0. The topological polar surface area (TPSA) is 176 Å². The normalized spacial score (nSPS) is 12.2. The number of carboxylic acid groups (broad SMARTS) is 1. The average Bonchev–Trinajstić information content (AvgIpc) is 3.36. The number of thiazole rings is 1. The van der Waals surface area contributed by atoms with E-state index >= 15 is 0 Å². The quantitative estimate of drug-likeness (QED) is 0.223. The van der Waals surface area contributed by atoms with Crippen molar-refractivity contribution in [2.75, 3.05) is 5.32 Å². The van der Waals surface area contributed by atoms with E-state index in [2.05, 4.69) is 26.3 Å². The molecule has 3 rings (SSSR count). The number of amides is 4. The van der Waals surface area contributed by atoms with E-state index in [4.69, 9.17) is 5.73 Å². The molecule has 1 heterocycles. The lowest BCUT2D eigenvalue weighted by molar-refractivity contribution is -0.137. The number of aliphatic carboxylic acids is 1. The predicted molar refractivity (Wildman–Crippen MR) is 139 cm³/mol. The molecule has 0 aliphatic heterocycles. The Morgan fingerprint density at radius 1 is 1.00 bits per heavy atom. The highest BCUT2D eigenvalue weighted by atomic mass is 32.1. The van der Waals surface area contributed by atoms with Gasteiger partial charge in [-0.05, 0) is 23.6 Å². The van der Waals surface area contributed by atoms with Gasteiger partial charge in [-0.3, -0.25) is 19.7 Å². The van der Waals surface area contributed by atoms with Crippen molar-refractivity contribution >= 4 is 40.3 Å². The molecular formula is C25H28N6O5S. The first-order valence-electron chi connectivity index (χ1n) is 11.4. The van der Waals surface area contributed by atoms with Crippen molar-refractivity contribution in [3.63, 3.8) is 0 Å². The standard InChI is InChI=1S/C25H28N6O5S/c1-15(22(34)29-19(11-21(32)33)18-9-7-16(12-26)8-10-18)28-23(35)20-14-37-25(30-20)31-24(36)27-13-17-5-3-2-4-6-17/h2-10,14-15,19H,11-13,26H2,1H3,(H,28,35)(H,29,34)(H,32,33)(H2,27,30,31,36)/t15-,19?/m0/s1. The van der Waals surface area contributed by atoms with Gasteiger partial charge in [-0.2, -0.15) is 0 Å². The van der Waals surface area contributed by atoms with E-state index in [1.807, 2.05) is 30.3 Å². The Bertz CT molecular complexity index is 1230. The lowest BCUT2D eigenvalue weighted by Gasteiger charge is -2.21. The Morgan fingerprint density at radius 3 is 2.35 bits per heavy atom. The van der Waals surface area contributed by atoms with Crippen LogP contribution in [0.5, 0.6) is 0 Å². The van der Waals surface area contributed by atoms with E-state index in [9.17, 15) is 24.3 Å². The van der Waals surface area contributed by atoms with Gasteiger partial charge in [-0.1, -0.05) is 54.6 Å². The summed E-state index contributed by atoms with van der Waals surface area (Å²) < 4.78 is 0. The summed E-state index contributed by atoms with van der Waals surface area (Å²) in [6, 6.07) is 14.1. The molecule has 0 aliphatic carbocycles. The molecule has 0 spiro atoms. The van der Waals surface area contributed by atoms with Crippen LogP contribution in [0.15, 0.2) is 60.0 Å². The van der Waals surface area contributed by atoms with Gasteiger partial charge < -0.3 is 26.8 Å². The smallest absolute Gasteiger partial charge is 0.321 e. The van der Waals surface area contributed by atoms with Gasteiger partial charge in [0.05, 0.1) is 12.5 Å². The predicted octanol–water partition coefficient (Wildman–Crippen LogP) is 2.37. The third-order valence-electron chi connectivity index (χ3n) is 5.31. The number of urea groups is 1. The van der Waals surface area contributed by atoms with Gasteiger partial charge in [0.25, 0.3) is 5.91 Å². The van der Waals surface area contributed by atoms with Gasteiger partial charge in [0.2, 0.25) is 5.91 Å². The number of nitrogens with zero attached hydrogens (tertiary/aromatic N) is 1. The fraction of sp³-hybridized carbons (Fsp3) is 0.240. The third-order valence-corrected chi connectivity index (χ3v) is 6.06. The van der Waals surface area contributed by atoms with Crippen LogP contribution in [0.4, 0.5) is 9.93 Å². The van der Waals surface area contributed by atoms with Gasteiger partial charge >= 0.3 is 12.0 Å². The highest BCUT2D eigenvalue weighted by Crippen LogP contribution is 2.19. The Hall–Kier alpha value is -4.29. The van der Waals surface area contributed by atoms with Gasteiger partial charge in [0, 0.05) is 18.5 Å². The van der Waals surface area contributed by atoms with Gasteiger partial charge in [0.15, 0.2) is 5.13 Å². The van der Waals surface area contributed by atoms with Gasteiger partial charge in [0.1, 0.15) is 11.7 Å². The summed E-state index contributed by atoms with van der Waals surface area (Å²) in [7, 11) is 0. The Morgan fingerprint density at radius 2 is 1.70 bits per heavy atom. The first kappa shape index (κ1) is 27.3. The molecule has 0 saturated carbocycles. The molecule has 37 heavy (non-hydrogen) atoms. The number of rotatable bonds is 11. The second-order valence-corrected chi connectivity index (χ2v) is 8.99. The minimum atomic E-state index is -1.08. The largest absolute Gasteiger partial charge is 0.481 e. The molecule has 0 aliphatic rings. The number of nitrogens with one attached hydrogen (secondary N) is 4. The molecule has 2 aromatic carbocycles. The summed E-state index contributed by atoms with van der Waals surface area (Å²) in [5, 5.41) is 21.4. The maximum absolute atomic E-state index is 12.7. The van der Waals surface area contributed by atoms with Crippen molar-refractivity contribution < 1.29 is 24.3 Å². The first-order valence-corrected chi connectivity index (χ1v) is 12.3. The van der Waals surface area contributed by atoms with Gasteiger partial charge in [-0.15, -0.1) is 11.3 Å². The summed E-state index contributed by atoms with van der Waals surface area (Å²) in [5.74, 6) is -2.25. The Labute approximate surface area is 217 Å². The molecule has 12 heteroatoms. The third kappa shape index (κ3) is 8.40. The fourth-order valence-electron chi connectivity index (χ4n) is 3.30. The molecule has 2 atom stereocenters. The van der Waals surface area contributed by atoms with Gasteiger partial charge in [-0.25, -0.2) is 9.78 Å². The summed E-state index contributed by atoms with van der Waals surface area (Å²) in [6.45, 7) is 2.15. The summed E-state index contributed by atoms with van der Waals surface area (Å²) in [5.41, 5.74) is 8.04. The van der Waals surface area contributed by atoms with E-state index < -0.39 is 35.9 Å². The van der Waals surface area contributed by atoms with Crippen molar-refractivity contribution in [1.82, 2.24) is 20.9 Å².